The molecule has 1 aromatic carbocycles. The lowest BCUT2D eigenvalue weighted by molar-refractivity contribution is 0.110. The van der Waals surface area contributed by atoms with Crippen LogP contribution in [-0.2, 0) is 0 Å². The summed E-state index contributed by atoms with van der Waals surface area (Å²) in [7, 11) is 4.28. The van der Waals surface area contributed by atoms with Gasteiger partial charge in [-0.05, 0) is 61.7 Å². The van der Waals surface area contributed by atoms with Crippen LogP contribution < -0.4 is 0 Å². The maximum Gasteiger partial charge on any atom is 0.137 e. The van der Waals surface area contributed by atoms with Gasteiger partial charge in [-0.3, -0.25) is 4.99 Å². The Morgan fingerprint density at radius 2 is 2.00 bits per heavy atom. The maximum atomic E-state index is 10.1. The summed E-state index contributed by atoms with van der Waals surface area (Å²) in [6.45, 7) is 0.766. The van der Waals surface area contributed by atoms with Crippen LogP contribution in [0.4, 0.5) is 0 Å². The Labute approximate surface area is 145 Å². The number of phenolic OH excluding ortho intramolecular Hbond substituents is 1. The van der Waals surface area contributed by atoms with Gasteiger partial charge in [0.15, 0.2) is 0 Å². The van der Waals surface area contributed by atoms with Gasteiger partial charge < -0.3 is 10.0 Å². The van der Waals surface area contributed by atoms with Gasteiger partial charge in [-0.2, -0.15) is 0 Å². The molecule has 116 valence electrons. The molecule has 0 atom stereocenters. The van der Waals surface area contributed by atoms with Gasteiger partial charge in [-0.1, -0.05) is 30.9 Å². The number of phenols is 1. The summed E-state index contributed by atoms with van der Waals surface area (Å²) < 4.78 is 0.751. The van der Waals surface area contributed by atoms with Crippen molar-refractivity contribution >= 4 is 40.4 Å². The fourth-order valence-corrected chi connectivity index (χ4v) is 4.01. The van der Waals surface area contributed by atoms with Crippen LogP contribution in [0.2, 0.25) is 5.02 Å². The third-order valence-corrected chi connectivity index (χ3v) is 5.45. The number of aliphatic imine (C=N–C) groups is 1. The zero-order valence-electron chi connectivity index (χ0n) is 12.6. The van der Waals surface area contributed by atoms with E-state index in [-0.39, 0.29) is 11.3 Å². The summed E-state index contributed by atoms with van der Waals surface area (Å²) in [5.74, 6) is 0.256. The average Bonchev–Trinajstić information content (AvgIpc) is 2.45. The Hall–Kier alpha value is -0.330. The molecular weight excluding hydrogens is 399 g/mol. The normalized spacial score (nSPS) is 18.5. The Balaban J connectivity index is 2.14. The molecule has 0 aliphatic heterocycles. The molecule has 0 spiro atoms. The first-order valence-corrected chi connectivity index (χ1v) is 8.75. The number of hydrogen-bond acceptors (Lipinski definition) is 3. The first-order chi connectivity index (χ1) is 9.94. The van der Waals surface area contributed by atoms with Crippen molar-refractivity contribution in [1.82, 2.24) is 4.90 Å². The number of aromatic hydroxyl groups is 1. The number of hydrogen-bond donors (Lipinski definition) is 1. The molecule has 0 unspecified atom stereocenters. The Kier molecular flexibility index (Phi) is 5.91. The van der Waals surface area contributed by atoms with Gasteiger partial charge >= 0.3 is 0 Å². The van der Waals surface area contributed by atoms with Gasteiger partial charge in [0, 0.05) is 22.3 Å². The van der Waals surface area contributed by atoms with E-state index in [1.165, 1.54) is 32.1 Å². The van der Waals surface area contributed by atoms with E-state index >= 15 is 0 Å². The topological polar surface area (TPSA) is 35.8 Å². The van der Waals surface area contributed by atoms with Crippen molar-refractivity contribution < 1.29 is 5.11 Å². The molecule has 0 radical (unpaired) electrons. The molecule has 1 aromatic rings. The first-order valence-electron chi connectivity index (χ1n) is 7.30. The molecule has 0 amide bonds. The van der Waals surface area contributed by atoms with Crippen molar-refractivity contribution in [2.75, 3.05) is 20.6 Å². The molecule has 1 aliphatic carbocycles. The molecular formula is C16H22ClIN2O. The van der Waals surface area contributed by atoms with E-state index in [2.05, 4.69) is 46.6 Å². The minimum atomic E-state index is 0.163. The lowest BCUT2D eigenvalue weighted by Crippen LogP contribution is -2.48. The van der Waals surface area contributed by atoms with E-state index in [1.807, 2.05) is 0 Å². The lowest BCUT2D eigenvalue weighted by Gasteiger charge is -2.41. The second-order valence-electron chi connectivity index (χ2n) is 5.97. The largest absolute Gasteiger partial charge is 0.506 e. The van der Waals surface area contributed by atoms with E-state index < -0.39 is 0 Å². The summed E-state index contributed by atoms with van der Waals surface area (Å²) >= 11 is 8.12. The standard InChI is InChI=1S/C16H22ClIN2O/c1-20(2)16(6-4-3-5-7-16)11-19-10-12-8-13(17)9-14(18)15(12)21/h8-10,21H,3-7,11H2,1-2H3/b19-10+. The van der Waals surface area contributed by atoms with Crippen LogP contribution in [0.15, 0.2) is 17.1 Å². The van der Waals surface area contributed by atoms with Crippen LogP contribution in [0, 0.1) is 3.57 Å². The summed E-state index contributed by atoms with van der Waals surface area (Å²) in [4.78, 5) is 6.92. The molecule has 0 heterocycles. The fraction of sp³-hybridized carbons (Fsp3) is 0.562. The highest BCUT2D eigenvalue weighted by atomic mass is 127. The van der Waals surface area contributed by atoms with Crippen molar-refractivity contribution in [3.8, 4) is 5.75 Å². The Morgan fingerprint density at radius 3 is 2.62 bits per heavy atom. The zero-order chi connectivity index (χ0) is 15.5. The van der Waals surface area contributed by atoms with Crippen molar-refractivity contribution in [2.45, 2.75) is 37.6 Å². The molecule has 1 fully saturated rings. The van der Waals surface area contributed by atoms with Crippen molar-refractivity contribution in [3.05, 3.63) is 26.3 Å². The number of halogens is 2. The second-order valence-corrected chi connectivity index (χ2v) is 7.57. The molecule has 0 saturated heterocycles. The predicted octanol–water partition coefficient (Wildman–Crippen LogP) is 4.33. The SMILES string of the molecule is CN(C)C1(C/N=C/c2cc(Cl)cc(I)c2O)CCCCC1. The van der Waals surface area contributed by atoms with Crippen LogP contribution in [0.3, 0.4) is 0 Å². The molecule has 1 aliphatic rings. The highest BCUT2D eigenvalue weighted by molar-refractivity contribution is 14.1. The van der Waals surface area contributed by atoms with E-state index in [9.17, 15) is 5.11 Å². The predicted molar refractivity (Wildman–Crippen MR) is 97.8 cm³/mol. The number of likely N-dealkylation sites (N-methyl/N-ethyl adjacent to an activating group) is 1. The van der Waals surface area contributed by atoms with E-state index in [0.717, 1.165) is 10.1 Å². The summed E-state index contributed by atoms with van der Waals surface area (Å²) in [6.07, 6.45) is 8.00. The third-order valence-electron chi connectivity index (χ3n) is 4.41. The van der Waals surface area contributed by atoms with Crippen LogP contribution in [0.25, 0.3) is 0 Å². The molecule has 1 N–H and O–H groups in total. The van der Waals surface area contributed by atoms with Crippen LogP contribution in [0.5, 0.6) is 5.75 Å². The lowest BCUT2D eigenvalue weighted by atomic mass is 9.81. The quantitative estimate of drug-likeness (QED) is 0.581. The van der Waals surface area contributed by atoms with Crippen LogP contribution in [-0.4, -0.2) is 42.4 Å². The third kappa shape index (κ3) is 4.11. The van der Waals surface area contributed by atoms with Crippen LogP contribution >= 0.6 is 34.2 Å². The van der Waals surface area contributed by atoms with Crippen molar-refractivity contribution in [2.24, 2.45) is 4.99 Å². The minimum absolute atomic E-state index is 0.163. The van der Waals surface area contributed by atoms with Gasteiger partial charge in [0.1, 0.15) is 5.75 Å². The van der Waals surface area contributed by atoms with Gasteiger partial charge in [-0.25, -0.2) is 0 Å². The van der Waals surface area contributed by atoms with E-state index in [4.69, 9.17) is 11.6 Å². The Bertz CT molecular complexity index is 525. The minimum Gasteiger partial charge on any atom is -0.506 e. The zero-order valence-corrected chi connectivity index (χ0v) is 15.5. The van der Waals surface area contributed by atoms with Gasteiger partial charge in [-0.15, -0.1) is 0 Å². The smallest absolute Gasteiger partial charge is 0.137 e. The maximum absolute atomic E-state index is 10.1. The van der Waals surface area contributed by atoms with Gasteiger partial charge in [0.25, 0.3) is 0 Å². The molecule has 3 nitrogen and oxygen atoms in total. The molecule has 2 rings (SSSR count). The van der Waals surface area contributed by atoms with Gasteiger partial charge in [0.05, 0.1) is 10.1 Å². The molecule has 0 bridgehead atoms. The van der Waals surface area contributed by atoms with Crippen molar-refractivity contribution in [1.29, 1.82) is 0 Å². The van der Waals surface area contributed by atoms with Crippen LogP contribution in [0.1, 0.15) is 37.7 Å². The molecule has 5 heteroatoms. The molecule has 0 aromatic heterocycles. The first kappa shape index (κ1) is 17.0. The summed E-state index contributed by atoms with van der Waals surface area (Å²) in [5.41, 5.74) is 0.854. The Morgan fingerprint density at radius 1 is 1.33 bits per heavy atom. The molecule has 21 heavy (non-hydrogen) atoms. The summed E-state index contributed by atoms with van der Waals surface area (Å²) in [5, 5.41) is 10.7. The van der Waals surface area contributed by atoms with Crippen molar-refractivity contribution in [3.63, 3.8) is 0 Å². The van der Waals surface area contributed by atoms with Gasteiger partial charge in [0.2, 0.25) is 0 Å². The number of nitrogens with zero attached hydrogens (tertiary/aromatic N) is 2. The highest BCUT2D eigenvalue weighted by Gasteiger charge is 2.33. The fourth-order valence-electron chi connectivity index (χ4n) is 2.95. The number of rotatable bonds is 4. The average molecular weight is 421 g/mol. The number of benzene rings is 1. The highest BCUT2D eigenvalue weighted by Crippen LogP contribution is 2.33. The monoisotopic (exact) mass is 420 g/mol. The molecule has 1 saturated carbocycles. The van der Waals surface area contributed by atoms with E-state index in [0.29, 0.717) is 10.6 Å². The second kappa shape index (κ2) is 7.29. The van der Waals surface area contributed by atoms with E-state index in [1.54, 1.807) is 18.3 Å². The summed E-state index contributed by atoms with van der Waals surface area (Å²) in [6, 6.07) is 3.50.